The average Bonchev–Trinajstić information content (AvgIpc) is 2.89. The number of aryl methyl sites for hydroxylation is 1. The van der Waals surface area contributed by atoms with Crippen molar-refractivity contribution in [3.8, 4) is 0 Å². The Bertz CT molecular complexity index is 591. The number of amides is 2. The van der Waals surface area contributed by atoms with Crippen LogP contribution in [0.15, 0.2) is 47.1 Å². The Balaban J connectivity index is 1.83. The van der Waals surface area contributed by atoms with Crippen LogP contribution in [0.5, 0.6) is 0 Å². The summed E-state index contributed by atoms with van der Waals surface area (Å²) in [5.74, 6) is 0.681. The molecule has 1 heterocycles. The van der Waals surface area contributed by atoms with Crippen molar-refractivity contribution in [2.45, 2.75) is 25.9 Å². The van der Waals surface area contributed by atoms with E-state index in [1.807, 2.05) is 31.2 Å². The summed E-state index contributed by atoms with van der Waals surface area (Å²) >= 11 is 0. The maximum atomic E-state index is 11.8. The zero-order valence-corrected chi connectivity index (χ0v) is 12.2. The number of urea groups is 1. The van der Waals surface area contributed by atoms with Crippen LogP contribution >= 0.6 is 0 Å². The lowest BCUT2D eigenvalue weighted by atomic mass is 10.0. The van der Waals surface area contributed by atoms with Crippen molar-refractivity contribution in [1.29, 1.82) is 0 Å². The van der Waals surface area contributed by atoms with Gasteiger partial charge in [-0.2, -0.15) is 0 Å². The zero-order valence-electron chi connectivity index (χ0n) is 12.2. The fourth-order valence-electron chi connectivity index (χ4n) is 2.02. The number of rotatable bonds is 5. The van der Waals surface area contributed by atoms with E-state index in [0.29, 0.717) is 12.2 Å². The van der Waals surface area contributed by atoms with Crippen LogP contribution in [0.2, 0.25) is 0 Å². The van der Waals surface area contributed by atoms with Gasteiger partial charge in [-0.1, -0.05) is 12.1 Å². The largest absolute Gasteiger partial charge is 0.469 e. The van der Waals surface area contributed by atoms with Crippen LogP contribution in [0.4, 0.5) is 10.5 Å². The van der Waals surface area contributed by atoms with E-state index in [4.69, 9.17) is 4.42 Å². The molecular weight excluding hydrogens is 268 g/mol. The van der Waals surface area contributed by atoms with E-state index in [-0.39, 0.29) is 12.6 Å². The van der Waals surface area contributed by atoms with Crippen LogP contribution in [0.25, 0.3) is 0 Å². The number of carbonyl (C=O) groups excluding carboxylic acids is 1. The minimum atomic E-state index is -1.07. The summed E-state index contributed by atoms with van der Waals surface area (Å²) in [6, 6.07) is 10.7. The van der Waals surface area contributed by atoms with Crippen LogP contribution in [0.1, 0.15) is 18.2 Å². The monoisotopic (exact) mass is 288 g/mol. The molecule has 3 N–H and O–H groups in total. The third kappa shape index (κ3) is 4.96. The highest BCUT2D eigenvalue weighted by Gasteiger charge is 2.23. The minimum Gasteiger partial charge on any atom is -0.469 e. The van der Waals surface area contributed by atoms with E-state index in [0.717, 1.165) is 11.3 Å². The molecule has 0 saturated heterocycles. The Morgan fingerprint density at radius 2 is 2.14 bits per heavy atom. The van der Waals surface area contributed by atoms with Gasteiger partial charge < -0.3 is 20.2 Å². The van der Waals surface area contributed by atoms with E-state index < -0.39 is 5.60 Å². The van der Waals surface area contributed by atoms with Crippen molar-refractivity contribution in [2.24, 2.45) is 0 Å². The fourth-order valence-corrected chi connectivity index (χ4v) is 2.02. The van der Waals surface area contributed by atoms with E-state index in [1.54, 1.807) is 25.3 Å². The number of aliphatic hydroxyl groups is 1. The molecule has 1 atom stereocenters. The Hall–Kier alpha value is -2.27. The third-order valence-electron chi connectivity index (χ3n) is 3.04. The molecule has 0 spiro atoms. The molecule has 5 nitrogen and oxygen atoms in total. The van der Waals surface area contributed by atoms with Crippen molar-refractivity contribution in [2.75, 3.05) is 11.9 Å². The van der Waals surface area contributed by atoms with Gasteiger partial charge in [0.15, 0.2) is 0 Å². The molecule has 1 aromatic carbocycles. The molecule has 0 aliphatic heterocycles. The van der Waals surface area contributed by atoms with Crippen molar-refractivity contribution < 1.29 is 14.3 Å². The van der Waals surface area contributed by atoms with Crippen molar-refractivity contribution >= 4 is 11.7 Å². The lowest BCUT2D eigenvalue weighted by Crippen LogP contribution is -2.43. The van der Waals surface area contributed by atoms with Crippen LogP contribution in [0.3, 0.4) is 0 Å². The Labute approximate surface area is 124 Å². The predicted octanol–water partition coefficient (Wildman–Crippen LogP) is 2.70. The molecule has 2 amide bonds. The lowest BCUT2D eigenvalue weighted by molar-refractivity contribution is 0.0577. The molecule has 112 valence electrons. The molecule has 0 radical (unpaired) electrons. The average molecular weight is 288 g/mol. The van der Waals surface area contributed by atoms with Crippen LogP contribution in [-0.4, -0.2) is 23.3 Å². The highest BCUT2D eigenvalue weighted by atomic mass is 16.3. The number of anilines is 1. The van der Waals surface area contributed by atoms with Crippen molar-refractivity contribution in [3.05, 3.63) is 54.0 Å². The summed E-state index contributed by atoms with van der Waals surface area (Å²) in [6.45, 7) is 3.74. The second-order valence-electron chi connectivity index (χ2n) is 5.43. The van der Waals surface area contributed by atoms with Gasteiger partial charge in [-0.05, 0) is 43.7 Å². The maximum Gasteiger partial charge on any atom is 0.319 e. The van der Waals surface area contributed by atoms with Crippen LogP contribution in [0, 0.1) is 6.92 Å². The van der Waals surface area contributed by atoms with E-state index in [2.05, 4.69) is 10.6 Å². The molecule has 21 heavy (non-hydrogen) atoms. The molecule has 0 fully saturated rings. The number of benzene rings is 1. The second kappa shape index (κ2) is 6.45. The quantitative estimate of drug-likeness (QED) is 0.792. The number of hydrogen-bond acceptors (Lipinski definition) is 3. The van der Waals surface area contributed by atoms with Gasteiger partial charge in [0, 0.05) is 18.7 Å². The molecule has 5 heteroatoms. The molecular formula is C16H20N2O3. The van der Waals surface area contributed by atoms with Crippen molar-refractivity contribution in [1.82, 2.24) is 5.32 Å². The van der Waals surface area contributed by atoms with Gasteiger partial charge in [-0.25, -0.2) is 4.79 Å². The van der Waals surface area contributed by atoms with Crippen LogP contribution < -0.4 is 10.6 Å². The summed E-state index contributed by atoms with van der Waals surface area (Å²) in [5.41, 5.74) is 0.720. The summed E-state index contributed by atoms with van der Waals surface area (Å²) in [4.78, 5) is 11.8. The van der Waals surface area contributed by atoms with E-state index in [1.165, 1.54) is 0 Å². The summed E-state index contributed by atoms with van der Waals surface area (Å²) in [7, 11) is 0. The molecule has 2 rings (SSSR count). The molecule has 0 aliphatic carbocycles. The predicted molar refractivity (Wildman–Crippen MR) is 81.2 cm³/mol. The first kappa shape index (κ1) is 15.1. The smallest absolute Gasteiger partial charge is 0.319 e. The van der Waals surface area contributed by atoms with Crippen LogP contribution in [-0.2, 0) is 6.42 Å². The van der Waals surface area contributed by atoms with Gasteiger partial charge in [0.2, 0.25) is 0 Å². The van der Waals surface area contributed by atoms with Gasteiger partial charge in [0.1, 0.15) is 5.76 Å². The zero-order chi connectivity index (χ0) is 15.3. The minimum absolute atomic E-state index is 0.130. The standard InChI is InChI=1S/C16H20N2O3/c1-12-5-3-6-13(9-12)18-15(19)17-11-16(2,20)10-14-7-4-8-21-14/h3-9,20H,10-11H2,1-2H3,(H2,17,18,19). The van der Waals surface area contributed by atoms with Crippen molar-refractivity contribution in [3.63, 3.8) is 0 Å². The summed E-state index contributed by atoms with van der Waals surface area (Å²) in [6.07, 6.45) is 1.90. The fraction of sp³-hybridized carbons (Fsp3) is 0.312. The Morgan fingerprint density at radius 3 is 2.81 bits per heavy atom. The van der Waals surface area contributed by atoms with E-state index >= 15 is 0 Å². The molecule has 0 saturated carbocycles. The Kier molecular flexibility index (Phi) is 4.65. The first-order valence-electron chi connectivity index (χ1n) is 6.81. The molecule has 1 aromatic heterocycles. The highest BCUT2D eigenvalue weighted by Crippen LogP contribution is 2.13. The van der Waals surface area contributed by atoms with Gasteiger partial charge in [0.05, 0.1) is 11.9 Å². The number of nitrogens with one attached hydrogen (secondary N) is 2. The third-order valence-corrected chi connectivity index (χ3v) is 3.04. The molecule has 0 bridgehead atoms. The summed E-state index contributed by atoms with van der Waals surface area (Å²) < 4.78 is 5.20. The number of furan rings is 1. The topological polar surface area (TPSA) is 74.5 Å². The highest BCUT2D eigenvalue weighted by molar-refractivity contribution is 5.89. The maximum absolute atomic E-state index is 11.8. The molecule has 0 aliphatic rings. The van der Waals surface area contributed by atoms with Gasteiger partial charge in [-0.3, -0.25) is 0 Å². The summed E-state index contributed by atoms with van der Waals surface area (Å²) in [5, 5.41) is 15.6. The normalized spacial score (nSPS) is 13.5. The second-order valence-corrected chi connectivity index (χ2v) is 5.43. The van der Waals surface area contributed by atoms with Gasteiger partial charge >= 0.3 is 6.03 Å². The first-order valence-corrected chi connectivity index (χ1v) is 6.81. The van der Waals surface area contributed by atoms with Gasteiger partial charge in [0.25, 0.3) is 0 Å². The first-order chi connectivity index (χ1) is 9.94. The van der Waals surface area contributed by atoms with E-state index in [9.17, 15) is 9.90 Å². The lowest BCUT2D eigenvalue weighted by Gasteiger charge is -2.22. The Morgan fingerprint density at radius 1 is 1.33 bits per heavy atom. The van der Waals surface area contributed by atoms with Gasteiger partial charge in [-0.15, -0.1) is 0 Å². The molecule has 2 aromatic rings. The number of hydrogen-bond donors (Lipinski definition) is 3. The SMILES string of the molecule is Cc1cccc(NC(=O)NCC(C)(O)Cc2ccco2)c1. The molecule has 1 unspecified atom stereocenters. The number of carbonyl (C=O) groups is 1.